The van der Waals surface area contributed by atoms with Gasteiger partial charge in [-0.15, -0.1) is 0 Å². The Labute approximate surface area is 281 Å². The van der Waals surface area contributed by atoms with E-state index in [-0.39, 0.29) is 49.8 Å². The summed E-state index contributed by atoms with van der Waals surface area (Å²) in [6.45, 7) is 11.1. The van der Waals surface area contributed by atoms with Crippen LogP contribution in [0.2, 0.25) is 0 Å². The zero-order chi connectivity index (χ0) is 35.4. The number of carbonyl (C=O) groups is 5. The van der Waals surface area contributed by atoms with Crippen molar-refractivity contribution in [1.29, 1.82) is 0 Å². The number of carboxylic acid groups (broad SMARTS) is 1. The highest BCUT2D eigenvalue weighted by molar-refractivity contribution is 6.12. The third-order valence-corrected chi connectivity index (χ3v) is 6.43. The van der Waals surface area contributed by atoms with Crippen LogP contribution in [0.5, 0.6) is 0 Å². The number of carboxylic acids is 1. The molecule has 0 aromatic heterocycles. The molecule has 1 rings (SSSR count). The van der Waals surface area contributed by atoms with Gasteiger partial charge in [-0.3, -0.25) is 28.9 Å². The van der Waals surface area contributed by atoms with Gasteiger partial charge in [0.1, 0.15) is 12.1 Å². The van der Waals surface area contributed by atoms with Crippen molar-refractivity contribution in [2.24, 2.45) is 5.92 Å². The highest BCUT2D eigenvalue weighted by atomic mass is 16.6. The van der Waals surface area contributed by atoms with Crippen molar-refractivity contribution >= 4 is 29.6 Å². The van der Waals surface area contributed by atoms with E-state index in [0.717, 1.165) is 4.90 Å². The number of imide groups is 1. The lowest BCUT2D eigenvalue weighted by Crippen LogP contribution is -2.53. The summed E-state index contributed by atoms with van der Waals surface area (Å²) in [5.41, 5.74) is 0. The number of aliphatic carboxylic acids is 1. The molecule has 17 nitrogen and oxygen atoms in total. The number of hydrogen-bond acceptors (Lipinski definition) is 13. The number of rotatable bonds is 32. The second kappa shape index (κ2) is 27.9. The van der Waals surface area contributed by atoms with Gasteiger partial charge in [0.25, 0.3) is 11.8 Å². The van der Waals surface area contributed by atoms with Crippen LogP contribution in [0.25, 0.3) is 0 Å². The number of nitrogens with zero attached hydrogens (tertiary/aromatic N) is 1. The highest BCUT2D eigenvalue weighted by Gasteiger charge is 2.26. The molecule has 1 aliphatic heterocycles. The monoisotopic (exact) mass is 691 g/mol. The van der Waals surface area contributed by atoms with Crippen molar-refractivity contribution in [3.8, 4) is 0 Å². The summed E-state index contributed by atoms with van der Waals surface area (Å²) in [5.74, 6) is -2.93. The molecular formula is C31H53N3O14. The van der Waals surface area contributed by atoms with E-state index < -0.39 is 24.0 Å². The Morgan fingerprint density at radius 1 is 0.604 bits per heavy atom. The SMILES string of the molecule is CC(C)[C@H](NC(=O)CCOCCOCCOCCOCCOCCOCCOCCOCCN1C(=O)C=CC1=O)C(=O)N[C@@H](C)C(=O)O. The Hall–Kier alpha value is -3.03. The summed E-state index contributed by atoms with van der Waals surface area (Å²) in [6, 6.07) is -1.90. The molecule has 0 bridgehead atoms. The summed E-state index contributed by atoms with van der Waals surface area (Å²) in [6.07, 6.45) is 2.54. The molecule has 3 N–H and O–H groups in total. The molecule has 0 radical (unpaired) electrons. The van der Waals surface area contributed by atoms with Crippen molar-refractivity contribution < 1.29 is 67.0 Å². The maximum Gasteiger partial charge on any atom is 0.325 e. The van der Waals surface area contributed by atoms with Crippen molar-refractivity contribution in [1.82, 2.24) is 15.5 Å². The molecule has 0 aliphatic carbocycles. The highest BCUT2D eigenvalue weighted by Crippen LogP contribution is 2.04. The number of ether oxygens (including phenoxy) is 8. The zero-order valence-corrected chi connectivity index (χ0v) is 28.3. The van der Waals surface area contributed by atoms with Crippen LogP contribution in [0, 0.1) is 5.92 Å². The molecule has 48 heavy (non-hydrogen) atoms. The number of amides is 4. The molecule has 0 aromatic rings. The summed E-state index contributed by atoms with van der Waals surface area (Å²) in [7, 11) is 0. The van der Waals surface area contributed by atoms with Crippen molar-refractivity contribution in [2.45, 2.75) is 39.3 Å². The molecule has 1 aliphatic rings. The predicted octanol–water partition coefficient (Wildman–Crippen LogP) is -0.836. The van der Waals surface area contributed by atoms with E-state index in [1.807, 2.05) is 0 Å². The zero-order valence-electron chi connectivity index (χ0n) is 28.3. The summed E-state index contributed by atoms with van der Waals surface area (Å²) in [5, 5.41) is 13.9. The van der Waals surface area contributed by atoms with E-state index in [0.29, 0.717) is 92.5 Å². The van der Waals surface area contributed by atoms with Crippen LogP contribution >= 0.6 is 0 Å². The molecule has 17 heteroatoms. The number of nitrogens with one attached hydrogen (secondary N) is 2. The largest absolute Gasteiger partial charge is 0.480 e. The van der Waals surface area contributed by atoms with Crippen LogP contribution in [0.1, 0.15) is 27.2 Å². The first kappa shape index (κ1) is 43.0. The van der Waals surface area contributed by atoms with Crippen molar-refractivity contribution in [2.75, 3.05) is 112 Å². The van der Waals surface area contributed by atoms with Crippen LogP contribution in [0.3, 0.4) is 0 Å². The molecule has 0 saturated heterocycles. The van der Waals surface area contributed by atoms with Crippen molar-refractivity contribution in [3.63, 3.8) is 0 Å². The molecule has 1 heterocycles. The molecule has 4 amide bonds. The fourth-order valence-corrected chi connectivity index (χ4v) is 3.76. The van der Waals surface area contributed by atoms with Crippen molar-refractivity contribution in [3.05, 3.63) is 12.2 Å². The fraction of sp³-hybridized carbons (Fsp3) is 0.774. The molecule has 276 valence electrons. The maximum absolute atomic E-state index is 12.3. The molecule has 0 spiro atoms. The maximum atomic E-state index is 12.3. The Kier molecular flexibility index (Phi) is 25.0. The number of carbonyl (C=O) groups excluding carboxylic acids is 4. The molecular weight excluding hydrogens is 638 g/mol. The van der Waals surface area contributed by atoms with E-state index >= 15 is 0 Å². The average molecular weight is 692 g/mol. The van der Waals surface area contributed by atoms with Crippen LogP contribution in [-0.2, 0) is 61.9 Å². The lowest BCUT2D eigenvalue weighted by Gasteiger charge is -2.23. The lowest BCUT2D eigenvalue weighted by molar-refractivity contribution is -0.142. The van der Waals surface area contributed by atoms with Gasteiger partial charge in [0.05, 0.1) is 112 Å². The summed E-state index contributed by atoms with van der Waals surface area (Å²) < 4.78 is 43.3. The minimum absolute atomic E-state index is 0.0529. The van der Waals surface area contributed by atoms with Gasteiger partial charge in [-0.05, 0) is 12.8 Å². The van der Waals surface area contributed by atoms with E-state index in [1.165, 1.54) is 19.1 Å². The van der Waals surface area contributed by atoms with E-state index in [1.54, 1.807) is 13.8 Å². The van der Waals surface area contributed by atoms with E-state index in [4.69, 9.17) is 43.0 Å². The van der Waals surface area contributed by atoms with Crippen LogP contribution in [-0.4, -0.2) is 164 Å². The fourth-order valence-electron chi connectivity index (χ4n) is 3.76. The first-order valence-corrected chi connectivity index (χ1v) is 16.1. The first-order valence-electron chi connectivity index (χ1n) is 16.1. The van der Waals surface area contributed by atoms with Gasteiger partial charge in [0.15, 0.2) is 0 Å². The molecule has 0 aromatic carbocycles. The minimum Gasteiger partial charge on any atom is -0.480 e. The van der Waals surface area contributed by atoms with Gasteiger partial charge in [0.2, 0.25) is 11.8 Å². The second-order valence-electron chi connectivity index (χ2n) is 10.7. The normalized spacial score (nSPS) is 14.1. The Bertz CT molecular complexity index is 947. The summed E-state index contributed by atoms with van der Waals surface area (Å²) in [4.78, 5) is 59.3. The predicted molar refractivity (Wildman–Crippen MR) is 169 cm³/mol. The molecule has 0 fully saturated rings. The third kappa shape index (κ3) is 21.8. The van der Waals surface area contributed by atoms with Gasteiger partial charge in [0, 0.05) is 18.6 Å². The Morgan fingerprint density at radius 2 is 0.958 bits per heavy atom. The van der Waals surface area contributed by atoms with Crippen LogP contribution in [0.15, 0.2) is 12.2 Å². The van der Waals surface area contributed by atoms with Crippen LogP contribution in [0.4, 0.5) is 0 Å². The standard InChI is InChI=1S/C31H53N3O14/c1-24(2)29(30(38)32-25(3)31(39)40)33-26(35)6-8-41-10-12-43-14-16-45-18-20-47-22-23-48-21-19-46-17-15-44-13-11-42-9-7-34-27(36)4-5-28(34)37/h4-5,24-25,29H,6-23H2,1-3H3,(H,32,38)(H,33,35)(H,39,40)/t25-,29-/m0/s1. The Balaban J connectivity index is 1.78. The van der Waals surface area contributed by atoms with Gasteiger partial charge in [-0.1, -0.05) is 13.8 Å². The lowest BCUT2D eigenvalue weighted by atomic mass is 10.0. The average Bonchev–Trinajstić information content (AvgIpc) is 3.37. The van der Waals surface area contributed by atoms with E-state index in [2.05, 4.69) is 10.6 Å². The second-order valence-corrected chi connectivity index (χ2v) is 10.7. The smallest absolute Gasteiger partial charge is 0.325 e. The molecule has 0 saturated carbocycles. The first-order chi connectivity index (χ1) is 23.1. The topological polar surface area (TPSA) is 207 Å². The van der Waals surface area contributed by atoms with Gasteiger partial charge < -0.3 is 53.6 Å². The number of hydrogen-bond donors (Lipinski definition) is 3. The van der Waals surface area contributed by atoms with Gasteiger partial charge >= 0.3 is 5.97 Å². The van der Waals surface area contributed by atoms with Gasteiger partial charge in [-0.25, -0.2) is 0 Å². The van der Waals surface area contributed by atoms with Gasteiger partial charge in [-0.2, -0.15) is 0 Å². The molecule has 0 unspecified atom stereocenters. The van der Waals surface area contributed by atoms with Crippen LogP contribution < -0.4 is 10.6 Å². The Morgan fingerprint density at radius 3 is 1.31 bits per heavy atom. The quantitative estimate of drug-likeness (QED) is 0.0582. The van der Waals surface area contributed by atoms with E-state index in [9.17, 15) is 24.0 Å². The third-order valence-electron chi connectivity index (χ3n) is 6.43. The minimum atomic E-state index is -1.16. The molecule has 2 atom stereocenters. The summed E-state index contributed by atoms with van der Waals surface area (Å²) >= 11 is 0.